The van der Waals surface area contributed by atoms with E-state index < -0.39 is 0 Å². The van der Waals surface area contributed by atoms with E-state index in [0.717, 1.165) is 26.2 Å². The van der Waals surface area contributed by atoms with E-state index >= 15 is 0 Å². The predicted molar refractivity (Wildman–Crippen MR) is 69.9 cm³/mol. The van der Waals surface area contributed by atoms with Crippen LogP contribution in [0.2, 0.25) is 0 Å². The number of nitrogens with zero attached hydrogens (tertiary/aromatic N) is 2. The topological polar surface area (TPSA) is 47.4 Å². The number of hydrogen-bond acceptors (Lipinski definition) is 2. The molecule has 96 valence electrons. The standard InChI is InChI=1S/C9H21N3.C3H6O/c1-5-11(6-2)9(10)12(7-3)8-4;1-3(2)4/h10H,5-8H2,1-4H3;1-2H3. The smallest absolute Gasteiger partial charge is 0.193 e. The quantitative estimate of drug-likeness (QED) is 0.594. The zero-order valence-corrected chi connectivity index (χ0v) is 11.6. The van der Waals surface area contributed by atoms with Gasteiger partial charge < -0.3 is 14.6 Å². The van der Waals surface area contributed by atoms with Crippen LogP contribution in [0.4, 0.5) is 0 Å². The number of hydrogen-bond donors (Lipinski definition) is 1. The Morgan fingerprint density at radius 3 is 1.19 bits per heavy atom. The SMILES string of the molecule is CC(C)=O.CCN(CC)C(=N)N(CC)CC. The molecule has 0 aromatic carbocycles. The van der Waals surface area contributed by atoms with Crippen molar-refractivity contribution in [1.29, 1.82) is 5.41 Å². The summed E-state index contributed by atoms with van der Waals surface area (Å²) in [4.78, 5) is 13.6. The lowest BCUT2D eigenvalue weighted by Gasteiger charge is -2.30. The van der Waals surface area contributed by atoms with Gasteiger partial charge in [0.25, 0.3) is 0 Å². The summed E-state index contributed by atoms with van der Waals surface area (Å²) in [5.74, 6) is 0.824. The second kappa shape index (κ2) is 10.5. The molecule has 0 bridgehead atoms. The number of ketones is 1. The minimum atomic E-state index is 0.167. The van der Waals surface area contributed by atoms with Gasteiger partial charge in [0.2, 0.25) is 0 Å². The molecule has 0 atom stereocenters. The van der Waals surface area contributed by atoms with Crippen LogP contribution >= 0.6 is 0 Å². The van der Waals surface area contributed by atoms with Crippen LogP contribution in [-0.4, -0.2) is 47.7 Å². The minimum Gasteiger partial charge on any atom is -0.344 e. The van der Waals surface area contributed by atoms with E-state index in [4.69, 9.17) is 5.41 Å². The van der Waals surface area contributed by atoms with E-state index in [0.29, 0.717) is 5.96 Å². The number of rotatable bonds is 4. The van der Waals surface area contributed by atoms with Crippen molar-refractivity contribution in [2.75, 3.05) is 26.2 Å². The molecule has 0 saturated heterocycles. The summed E-state index contributed by atoms with van der Waals surface area (Å²) in [6.45, 7) is 15.1. The Morgan fingerprint density at radius 1 is 0.875 bits per heavy atom. The zero-order valence-electron chi connectivity index (χ0n) is 11.6. The molecule has 0 rings (SSSR count). The van der Waals surface area contributed by atoms with Crippen molar-refractivity contribution in [1.82, 2.24) is 9.80 Å². The van der Waals surface area contributed by atoms with Gasteiger partial charge in [0.15, 0.2) is 5.96 Å². The fourth-order valence-corrected chi connectivity index (χ4v) is 1.25. The highest BCUT2D eigenvalue weighted by Crippen LogP contribution is 1.96. The molecule has 0 saturated carbocycles. The Hall–Kier alpha value is -1.06. The summed E-state index contributed by atoms with van der Waals surface area (Å²) in [6, 6.07) is 0. The summed E-state index contributed by atoms with van der Waals surface area (Å²) in [7, 11) is 0. The molecule has 0 unspecified atom stereocenters. The lowest BCUT2D eigenvalue weighted by Crippen LogP contribution is -2.43. The van der Waals surface area contributed by atoms with Crippen molar-refractivity contribution in [3.8, 4) is 0 Å². The summed E-state index contributed by atoms with van der Waals surface area (Å²) < 4.78 is 0. The Labute approximate surface area is 100 Å². The van der Waals surface area contributed by atoms with Gasteiger partial charge in [-0.2, -0.15) is 0 Å². The number of carbonyl (C=O) groups is 1. The van der Waals surface area contributed by atoms with Crippen molar-refractivity contribution in [3.63, 3.8) is 0 Å². The van der Waals surface area contributed by atoms with Crippen LogP contribution in [0.1, 0.15) is 41.5 Å². The molecule has 16 heavy (non-hydrogen) atoms. The van der Waals surface area contributed by atoms with Crippen molar-refractivity contribution in [2.24, 2.45) is 0 Å². The van der Waals surface area contributed by atoms with Crippen molar-refractivity contribution >= 4 is 11.7 Å². The summed E-state index contributed by atoms with van der Waals surface area (Å²) >= 11 is 0. The maximum atomic E-state index is 9.44. The van der Waals surface area contributed by atoms with Gasteiger partial charge in [0, 0.05) is 26.2 Å². The highest BCUT2D eigenvalue weighted by molar-refractivity contribution is 5.76. The van der Waals surface area contributed by atoms with Gasteiger partial charge in [-0.3, -0.25) is 5.41 Å². The first-order valence-corrected chi connectivity index (χ1v) is 5.99. The predicted octanol–water partition coefficient (Wildman–Crippen LogP) is 2.20. The average Bonchev–Trinajstić information content (AvgIpc) is 2.20. The molecule has 0 aliphatic rings. The van der Waals surface area contributed by atoms with Crippen molar-refractivity contribution < 1.29 is 4.79 Å². The Bertz CT molecular complexity index is 178. The molecular weight excluding hydrogens is 202 g/mol. The van der Waals surface area contributed by atoms with E-state index in [2.05, 4.69) is 37.5 Å². The van der Waals surface area contributed by atoms with Crippen molar-refractivity contribution in [3.05, 3.63) is 0 Å². The molecule has 4 heteroatoms. The normalized spacial score (nSPS) is 8.88. The Balaban J connectivity index is 0. The van der Waals surface area contributed by atoms with Gasteiger partial charge in [-0.15, -0.1) is 0 Å². The molecular formula is C12H27N3O. The molecule has 0 fully saturated rings. The van der Waals surface area contributed by atoms with Gasteiger partial charge in [-0.25, -0.2) is 0 Å². The summed E-state index contributed by atoms with van der Waals surface area (Å²) in [5, 5.41) is 7.86. The highest BCUT2D eigenvalue weighted by atomic mass is 16.1. The summed E-state index contributed by atoms with van der Waals surface area (Å²) in [6.07, 6.45) is 0. The average molecular weight is 229 g/mol. The molecule has 0 aromatic heterocycles. The van der Waals surface area contributed by atoms with Gasteiger partial charge >= 0.3 is 0 Å². The second-order valence-corrected chi connectivity index (χ2v) is 3.58. The van der Waals surface area contributed by atoms with Crippen molar-refractivity contribution in [2.45, 2.75) is 41.5 Å². The lowest BCUT2D eigenvalue weighted by molar-refractivity contribution is -0.114. The third-order valence-corrected chi connectivity index (χ3v) is 2.13. The van der Waals surface area contributed by atoms with E-state index in [9.17, 15) is 4.79 Å². The zero-order chi connectivity index (χ0) is 13.1. The maximum Gasteiger partial charge on any atom is 0.193 e. The molecule has 0 aliphatic carbocycles. The van der Waals surface area contributed by atoms with Crippen LogP contribution in [0, 0.1) is 5.41 Å². The molecule has 4 nitrogen and oxygen atoms in total. The first-order chi connectivity index (χ1) is 7.44. The van der Waals surface area contributed by atoms with Crippen LogP contribution in [0.5, 0.6) is 0 Å². The van der Waals surface area contributed by atoms with E-state index in [-0.39, 0.29) is 5.78 Å². The minimum absolute atomic E-state index is 0.167. The van der Waals surface area contributed by atoms with Gasteiger partial charge in [-0.05, 0) is 41.5 Å². The third kappa shape index (κ3) is 8.26. The van der Waals surface area contributed by atoms with Crippen LogP contribution in [0.25, 0.3) is 0 Å². The number of guanidine groups is 1. The van der Waals surface area contributed by atoms with Crippen LogP contribution in [-0.2, 0) is 4.79 Å². The Morgan fingerprint density at radius 2 is 1.06 bits per heavy atom. The molecule has 0 spiro atoms. The number of carbonyl (C=O) groups excluding carboxylic acids is 1. The van der Waals surface area contributed by atoms with Crippen LogP contribution in [0.15, 0.2) is 0 Å². The van der Waals surface area contributed by atoms with Gasteiger partial charge in [-0.1, -0.05) is 0 Å². The molecule has 0 heterocycles. The third-order valence-electron chi connectivity index (χ3n) is 2.13. The summed E-state index contributed by atoms with van der Waals surface area (Å²) in [5.41, 5.74) is 0. The van der Waals surface area contributed by atoms with E-state index in [1.54, 1.807) is 0 Å². The molecule has 0 aliphatic heterocycles. The number of nitrogens with one attached hydrogen (secondary N) is 1. The van der Waals surface area contributed by atoms with Crippen LogP contribution in [0.3, 0.4) is 0 Å². The van der Waals surface area contributed by atoms with Gasteiger partial charge in [0.05, 0.1) is 0 Å². The largest absolute Gasteiger partial charge is 0.344 e. The molecule has 0 aromatic rings. The maximum absolute atomic E-state index is 9.44. The fraction of sp³-hybridized carbons (Fsp3) is 0.833. The fourth-order valence-electron chi connectivity index (χ4n) is 1.25. The molecule has 1 N–H and O–H groups in total. The molecule has 0 radical (unpaired) electrons. The highest BCUT2D eigenvalue weighted by Gasteiger charge is 2.10. The van der Waals surface area contributed by atoms with Gasteiger partial charge in [0.1, 0.15) is 5.78 Å². The first-order valence-electron chi connectivity index (χ1n) is 5.99. The number of Topliss-reactive ketones (excluding diaryl/α,β-unsaturated/α-hetero) is 1. The van der Waals surface area contributed by atoms with Crippen LogP contribution < -0.4 is 0 Å². The molecule has 0 amide bonds. The Kier molecular flexibility index (Phi) is 11.3. The first kappa shape index (κ1) is 17.3. The second-order valence-electron chi connectivity index (χ2n) is 3.58. The van der Waals surface area contributed by atoms with E-state index in [1.165, 1.54) is 13.8 Å². The van der Waals surface area contributed by atoms with E-state index in [1.807, 2.05) is 0 Å². The lowest BCUT2D eigenvalue weighted by atomic mass is 10.4. The monoisotopic (exact) mass is 229 g/mol.